The average Bonchev–Trinajstić information content (AvgIpc) is 3.33. The molecule has 28 heavy (non-hydrogen) atoms. The van der Waals surface area contributed by atoms with Gasteiger partial charge >= 0.3 is 0 Å². The number of likely N-dealkylation sites (tertiary alicyclic amines) is 1. The van der Waals surface area contributed by atoms with Gasteiger partial charge in [-0.1, -0.05) is 30.4 Å². The van der Waals surface area contributed by atoms with Crippen LogP contribution in [0.5, 0.6) is 0 Å². The number of thioether (sulfide) groups is 2. The van der Waals surface area contributed by atoms with Gasteiger partial charge in [-0.25, -0.2) is 0 Å². The molecule has 0 aromatic rings. The van der Waals surface area contributed by atoms with Crippen LogP contribution in [0.3, 0.4) is 0 Å². The molecular formula is C23H24BrNOS2. The van der Waals surface area contributed by atoms with Crippen molar-refractivity contribution in [2.75, 3.05) is 32.8 Å². The maximum absolute atomic E-state index is 6.07. The molecule has 1 atom stereocenters. The predicted octanol–water partition coefficient (Wildman–Crippen LogP) is 6.09. The van der Waals surface area contributed by atoms with Crippen LogP contribution in [0.2, 0.25) is 0 Å². The summed E-state index contributed by atoms with van der Waals surface area (Å²) in [4.78, 5) is 3.84. The lowest BCUT2D eigenvalue weighted by Crippen LogP contribution is -2.29. The normalized spacial score (nSPS) is 28.9. The molecule has 1 spiro atoms. The van der Waals surface area contributed by atoms with Crippen LogP contribution in [-0.2, 0) is 4.74 Å². The van der Waals surface area contributed by atoms with Crippen LogP contribution in [0.1, 0.15) is 19.3 Å². The molecule has 3 heterocycles. The van der Waals surface area contributed by atoms with Crippen LogP contribution >= 0.6 is 39.5 Å². The summed E-state index contributed by atoms with van der Waals surface area (Å²) in [7, 11) is 0. The van der Waals surface area contributed by atoms with Crippen LogP contribution < -0.4 is 0 Å². The molecule has 2 nitrogen and oxygen atoms in total. The molecule has 2 aliphatic carbocycles. The second-order valence-corrected chi connectivity index (χ2v) is 10.7. The third kappa shape index (κ3) is 3.50. The Morgan fingerprint density at radius 1 is 1.11 bits per heavy atom. The molecule has 0 N–H and O–H groups in total. The topological polar surface area (TPSA) is 12.5 Å². The number of fused-ring (bicyclic) bond motifs is 1. The smallest absolute Gasteiger partial charge is 0.0776 e. The number of hydrogen-bond donors (Lipinski definition) is 0. The summed E-state index contributed by atoms with van der Waals surface area (Å²) >= 11 is 7.55. The molecule has 1 fully saturated rings. The molecule has 1 unspecified atom stereocenters. The minimum Gasteiger partial charge on any atom is -0.375 e. The fraction of sp³-hybridized carbons (Fsp3) is 0.391. The highest BCUT2D eigenvalue weighted by Crippen LogP contribution is 2.57. The monoisotopic (exact) mass is 473 g/mol. The molecule has 5 aliphatic rings. The third-order valence-corrected chi connectivity index (χ3v) is 9.12. The summed E-state index contributed by atoms with van der Waals surface area (Å²) in [6, 6.07) is 0. The Bertz CT molecular complexity index is 886. The fourth-order valence-corrected chi connectivity index (χ4v) is 7.38. The minimum absolute atomic E-state index is 0.0152. The van der Waals surface area contributed by atoms with Gasteiger partial charge in [0.25, 0.3) is 0 Å². The van der Waals surface area contributed by atoms with Crippen molar-refractivity contribution < 1.29 is 4.74 Å². The van der Waals surface area contributed by atoms with Gasteiger partial charge in [0.05, 0.1) is 18.0 Å². The van der Waals surface area contributed by atoms with E-state index in [1.807, 2.05) is 11.8 Å². The fourth-order valence-electron chi connectivity index (χ4n) is 4.53. The van der Waals surface area contributed by atoms with E-state index in [9.17, 15) is 0 Å². The quantitative estimate of drug-likeness (QED) is 0.447. The van der Waals surface area contributed by atoms with Gasteiger partial charge in [-0.15, -0.1) is 23.5 Å². The van der Waals surface area contributed by atoms with E-state index < -0.39 is 0 Å². The SMILES string of the molecule is BrC1=CSC=C2C=CC3=CC=C(COCCN4CCCC4)SC34CC=CC4=C12. The van der Waals surface area contributed by atoms with Gasteiger partial charge in [0.1, 0.15) is 0 Å². The summed E-state index contributed by atoms with van der Waals surface area (Å²) in [5.74, 6) is 0. The average molecular weight is 474 g/mol. The highest BCUT2D eigenvalue weighted by Gasteiger charge is 2.44. The summed E-state index contributed by atoms with van der Waals surface area (Å²) in [6.07, 6.45) is 17.5. The van der Waals surface area contributed by atoms with Crippen LogP contribution in [0.15, 0.2) is 79.0 Å². The lowest BCUT2D eigenvalue weighted by molar-refractivity contribution is 0.132. The summed E-state index contributed by atoms with van der Waals surface area (Å²) in [5.41, 5.74) is 5.47. The Balaban J connectivity index is 1.35. The first-order valence-electron chi connectivity index (χ1n) is 9.98. The maximum atomic E-state index is 6.07. The first-order valence-corrected chi connectivity index (χ1v) is 12.5. The zero-order valence-electron chi connectivity index (χ0n) is 15.8. The van der Waals surface area contributed by atoms with Crippen molar-refractivity contribution in [3.05, 3.63) is 79.0 Å². The highest BCUT2D eigenvalue weighted by atomic mass is 79.9. The molecule has 5 heteroatoms. The van der Waals surface area contributed by atoms with Crippen molar-refractivity contribution in [3.63, 3.8) is 0 Å². The Morgan fingerprint density at radius 3 is 2.89 bits per heavy atom. The summed E-state index contributed by atoms with van der Waals surface area (Å²) in [6.45, 7) is 5.08. The van der Waals surface area contributed by atoms with Gasteiger partial charge in [0, 0.05) is 21.5 Å². The largest absolute Gasteiger partial charge is 0.375 e. The molecule has 146 valence electrons. The Labute approximate surface area is 184 Å². The second kappa shape index (κ2) is 8.19. The summed E-state index contributed by atoms with van der Waals surface area (Å²) in [5, 5.41) is 4.45. The minimum atomic E-state index is -0.0152. The molecule has 0 aromatic heterocycles. The number of nitrogens with zero attached hydrogens (tertiary/aromatic N) is 1. The number of allylic oxidation sites excluding steroid dienone is 9. The van der Waals surface area contributed by atoms with Crippen molar-refractivity contribution >= 4 is 39.5 Å². The number of hydrogen-bond acceptors (Lipinski definition) is 4. The van der Waals surface area contributed by atoms with Gasteiger partial charge in [-0.3, -0.25) is 0 Å². The second-order valence-electron chi connectivity index (χ2n) is 7.69. The molecule has 5 rings (SSSR count). The Hall–Kier alpha value is -0.720. The number of halogens is 1. The first-order chi connectivity index (χ1) is 13.8. The van der Waals surface area contributed by atoms with Crippen LogP contribution in [0.25, 0.3) is 0 Å². The molecule has 0 amide bonds. The zero-order chi connectivity index (χ0) is 19.0. The van der Waals surface area contributed by atoms with Crippen molar-refractivity contribution in [1.29, 1.82) is 0 Å². The van der Waals surface area contributed by atoms with Crippen molar-refractivity contribution in [3.8, 4) is 0 Å². The van der Waals surface area contributed by atoms with Gasteiger partial charge in [0.2, 0.25) is 0 Å². The van der Waals surface area contributed by atoms with E-state index in [0.29, 0.717) is 6.61 Å². The number of ether oxygens (including phenoxy) is 1. The molecule has 0 saturated carbocycles. The van der Waals surface area contributed by atoms with E-state index in [0.717, 1.165) is 19.6 Å². The van der Waals surface area contributed by atoms with Gasteiger partial charge in [-0.05, 0) is 81.9 Å². The molecular weight excluding hydrogens is 450 g/mol. The standard InChI is InChI=1S/C23H24BrNOS2/c24-21-16-27-15-17-5-6-18-7-8-19(14-26-13-12-25-10-1-2-11-25)28-23(18)9-3-4-20(23)22(17)21/h3-8,15-16H,1-2,9-14H2. The van der Waals surface area contributed by atoms with E-state index in [1.165, 1.54) is 57.6 Å². The first kappa shape index (κ1) is 19.3. The molecule has 0 radical (unpaired) electrons. The maximum Gasteiger partial charge on any atom is 0.0776 e. The van der Waals surface area contributed by atoms with Crippen LogP contribution in [-0.4, -0.2) is 42.5 Å². The molecule has 0 aromatic carbocycles. The van der Waals surface area contributed by atoms with Crippen molar-refractivity contribution in [1.82, 2.24) is 4.90 Å². The Kier molecular flexibility index (Phi) is 5.63. The van der Waals surface area contributed by atoms with Crippen molar-refractivity contribution in [2.24, 2.45) is 0 Å². The van der Waals surface area contributed by atoms with E-state index in [-0.39, 0.29) is 4.75 Å². The van der Waals surface area contributed by atoms with E-state index in [1.54, 1.807) is 11.8 Å². The van der Waals surface area contributed by atoms with Gasteiger partial charge < -0.3 is 9.64 Å². The Morgan fingerprint density at radius 2 is 2.00 bits per heavy atom. The summed E-state index contributed by atoms with van der Waals surface area (Å²) < 4.78 is 7.25. The van der Waals surface area contributed by atoms with Crippen LogP contribution in [0, 0.1) is 0 Å². The van der Waals surface area contributed by atoms with Crippen molar-refractivity contribution in [2.45, 2.75) is 24.0 Å². The molecule has 0 bridgehead atoms. The van der Waals surface area contributed by atoms with E-state index in [4.69, 9.17) is 4.74 Å². The van der Waals surface area contributed by atoms with E-state index in [2.05, 4.69) is 68.1 Å². The zero-order valence-corrected chi connectivity index (χ0v) is 19.0. The lowest BCUT2D eigenvalue weighted by Gasteiger charge is -2.36. The van der Waals surface area contributed by atoms with E-state index >= 15 is 0 Å². The lowest BCUT2D eigenvalue weighted by atomic mass is 9.88. The predicted molar refractivity (Wildman–Crippen MR) is 126 cm³/mol. The molecule has 1 saturated heterocycles. The van der Waals surface area contributed by atoms with Crippen LogP contribution in [0.4, 0.5) is 0 Å². The molecule has 3 aliphatic heterocycles. The third-order valence-electron chi connectivity index (χ3n) is 5.95. The highest BCUT2D eigenvalue weighted by molar-refractivity contribution is 9.12. The van der Waals surface area contributed by atoms with Gasteiger partial charge in [0.15, 0.2) is 0 Å². The van der Waals surface area contributed by atoms with Gasteiger partial charge in [-0.2, -0.15) is 0 Å². The number of rotatable bonds is 5.